The molecule has 0 aromatic rings. The second-order valence-corrected chi connectivity index (χ2v) is 3.36. The minimum absolute atomic E-state index is 0.0168. The topological polar surface area (TPSA) is 89.6 Å². The second kappa shape index (κ2) is 7.23. The van der Waals surface area contributed by atoms with Crippen LogP contribution in [-0.4, -0.2) is 29.7 Å². The Kier molecular flexibility index (Phi) is 6.70. The van der Waals surface area contributed by atoms with E-state index in [0.717, 1.165) is 0 Å². The quantitative estimate of drug-likeness (QED) is 0.615. The Morgan fingerprint density at radius 2 is 2.00 bits per heavy atom. The summed E-state index contributed by atoms with van der Waals surface area (Å²) in [5, 5.41) is 8.49. The molecule has 0 spiro atoms. The van der Waals surface area contributed by atoms with Crippen LogP contribution in [0.25, 0.3) is 0 Å². The van der Waals surface area contributed by atoms with E-state index in [1.807, 2.05) is 6.92 Å². The molecular formula is C10H19NO4. The van der Waals surface area contributed by atoms with E-state index in [1.165, 1.54) is 0 Å². The average Bonchev–Trinajstić information content (AvgIpc) is 2.16. The van der Waals surface area contributed by atoms with E-state index < -0.39 is 17.9 Å². The van der Waals surface area contributed by atoms with Crippen molar-refractivity contribution in [1.82, 2.24) is 0 Å². The number of hydrogen-bond donors (Lipinski definition) is 2. The van der Waals surface area contributed by atoms with Gasteiger partial charge in [0, 0.05) is 12.5 Å². The van der Waals surface area contributed by atoms with Crippen LogP contribution in [-0.2, 0) is 14.3 Å². The smallest absolute Gasteiger partial charge is 0.310 e. The summed E-state index contributed by atoms with van der Waals surface area (Å²) in [4.78, 5) is 21.7. The van der Waals surface area contributed by atoms with Gasteiger partial charge in [0.05, 0.1) is 12.5 Å². The number of carbonyl (C=O) groups excluding carboxylic acids is 1. The van der Waals surface area contributed by atoms with Crippen LogP contribution in [0, 0.1) is 5.92 Å². The van der Waals surface area contributed by atoms with Crippen LogP contribution < -0.4 is 5.73 Å². The lowest BCUT2D eigenvalue weighted by atomic mass is 9.94. The molecule has 88 valence electrons. The van der Waals surface area contributed by atoms with Crippen molar-refractivity contribution in [2.75, 3.05) is 6.61 Å². The van der Waals surface area contributed by atoms with Crippen LogP contribution in [0.3, 0.4) is 0 Å². The van der Waals surface area contributed by atoms with Gasteiger partial charge in [-0.1, -0.05) is 6.92 Å². The summed E-state index contributed by atoms with van der Waals surface area (Å²) in [6, 6.07) is -0.440. The highest BCUT2D eigenvalue weighted by Gasteiger charge is 2.25. The van der Waals surface area contributed by atoms with Gasteiger partial charge in [-0.05, 0) is 19.8 Å². The molecule has 3 N–H and O–H groups in total. The third-order valence-electron chi connectivity index (χ3n) is 2.24. The van der Waals surface area contributed by atoms with Crippen LogP contribution in [0.5, 0.6) is 0 Å². The van der Waals surface area contributed by atoms with Gasteiger partial charge < -0.3 is 15.6 Å². The summed E-state index contributed by atoms with van der Waals surface area (Å²) in [6.07, 6.45) is 0.851. The number of carboxylic acid groups (broad SMARTS) is 1. The third-order valence-corrected chi connectivity index (χ3v) is 2.24. The molecule has 0 rings (SSSR count). The number of ether oxygens (including phenoxy) is 1. The Balaban J connectivity index is 4.14. The van der Waals surface area contributed by atoms with Gasteiger partial charge in [0.25, 0.3) is 0 Å². The lowest BCUT2D eigenvalue weighted by Gasteiger charge is -2.20. The summed E-state index contributed by atoms with van der Waals surface area (Å²) < 4.78 is 4.86. The van der Waals surface area contributed by atoms with E-state index >= 15 is 0 Å². The first-order valence-electron chi connectivity index (χ1n) is 5.16. The maximum absolute atomic E-state index is 11.4. The summed E-state index contributed by atoms with van der Waals surface area (Å²) in [5.74, 6) is -1.63. The van der Waals surface area contributed by atoms with E-state index in [2.05, 4.69) is 0 Å². The summed E-state index contributed by atoms with van der Waals surface area (Å²) in [6.45, 7) is 3.89. The SMILES string of the molecule is CCOC(=O)C(CC)C(N)CCC(=O)O. The Morgan fingerprint density at radius 1 is 1.40 bits per heavy atom. The van der Waals surface area contributed by atoms with Crippen molar-refractivity contribution in [3.63, 3.8) is 0 Å². The van der Waals surface area contributed by atoms with Crippen molar-refractivity contribution in [2.24, 2.45) is 11.7 Å². The molecule has 5 heteroatoms. The molecule has 0 aromatic heterocycles. The zero-order valence-electron chi connectivity index (χ0n) is 9.23. The molecule has 0 radical (unpaired) electrons. The molecule has 0 saturated carbocycles. The molecular weight excluding hydrogens is 198 g/mol. The van der Waals surface area contributed by atoms with Crippen LogP contribution >= 0.6 is 0 Å². The molecule has 0 aromatic carbocycles. The van der Waals surface area contributed by atoms with Crippen LogP contribution in [0.15, 0.2) is 0 Å². The van der Waals surface area contributed by atoms with E-state index in [9.17, 15) is 9.59 Å². The normalized spacial score (nSPS) is 14.3. The van der Waals surface area contributed by atoms with Crippen molar-refractivity contribution in [3.8, 4) is 0 Å². The fourth-order valence-corrected chi connectivity index (χ4v) is 1.38. The van der Waals surface area contributed by atoms with Gasteiger partial charge in [-0.25, -0.2) is 0 Å². The van der Waals surface area contributed by atoms with Gasteiger partial charge >= 0.3 is 11.9 Å². The number of esters is 1. The predicted octanol–water partition coefficient (Wildman–Crippen LogP) is 0.768. The molecule has 0 aliphatic heterocycles. The number of aliphatic carboxylic acids is 1. The lowest BCUT2D eigenvalue weighted by molar-refractivity contribution is -0.149. The Bertz CT molecular complexity index is 217. The van der Waals surface area contributed by atoms with Gasteiger partial charge in [0.1, 0.15) is 0 Å². The van der Waals surface area contributed by atoms with Crippen LogP contribution in [0.1, 0.15) is 33.1 Å². The molecule has 0 fully saturated rings. The lowest BCUT2D eigenvalue weighted by Crippen LogP contribution is -2.36. The van der Waals surface area contributed by atoms with Crippen molar-refractivity contribution in [3.05, 3.63) is 0 Å². The Labute approximate surface area is 89.6 Å². The molecule has 0 heterocycles. The summed E-state index contributed by atoms with van der Waals surface area (Å²) in [5.41, 5.74) is 5.74. The summed E-state index contributed by atoms with van der Waals surface area (Å²) in [7, 11) is 0. The number of nitrogens with two attached hydrogens (primary N) is 1. The highest BCUT2D eigenvalue weighted by atomic mass is 16.5. The second-order valence-electron chi connectivity index (χ2n) is 3.36. The van der Waals surface area contributed by atoms with Gasteiger partial charge in [-0.3, -0.25) is 9.59 Å². The van der Waals surface area contributed by atoms with Crippen molar-refractivity contribution in [2.45, 2.75) is 39.2 Å². The minimum Gasteiger partial charge on any atom is -0.481 e. The first-order chi connectivity index (χ1) is 7.02. The fourth-order valence-electron chi connectivity index (χ4n) is 1.38. The molecule has 0 aliphatic carbocycles. The molecule has 0 bridgehead atoms. The van der Waals surface area contributed by atoms with E-state index in [0.29, 0.717) is 19.4 Å². The predicted molar refractivity (Wildman–Crippen MR) is 55.3 cm³/mol. The highest BCUT2D eigenvalue weighted by molar-refractivity contribution is 5.73. The zero-order chi connectivity index (χ0) is 11.8. The molecule has 5 nitrogen and oxygen atoms in total. The minimum atomic E-state index is -0.899. The largest absolute Gasteiger partial charge is 0.481 e. The van der Waals surface area contributed by atoms with E-state index in [-0.39, 0.29) is 12.4 Å². The van der Waals surface area contributed by atoms with Crippen LogP contribution in [0.4, 0.5) is 0 Å². The first kappa shape index (κ1) is 13.9. The molecule has 0 amide bonds. The molecule has 15 heavy (non-hydrogen) atoms. The standard InChI is InChI=1S/C10H19NO4/c1-3-7(10(14)15-4-2)8(11)5-6-9(12)13/h7-8H,3-6,11H2,1-2H3,(H,12,13). The molecule has 0 saturated heterocycles. The number of carboxylic acids is 1. The number of hydrogen-bond acceptors (Lipinski definition) is 4. The fraction of sp³-hybridized carbons (Fsp3) is 0.800. The van der Waals surface area contributed by atoms with Gasteiger partial charge in [0.15, 0.2) is 0 Å². The van der Waals surface area contributed by atoms with Gasteiger partial charge in [0.2, 0.25) is 0 Å². The molecule has 2 unspecified atom stereocenters. The highest BCUT2D eigenvalue weighted by Crippen LogP contribution is 2.13. The first-order valence-corrected chi connectivity index (χ1v) is 5.16. The number of carbonyl (C=O) groups is 2. The summed E-state index contributed by atoms with van der Waals surface area (Å²) >= 11 is 0. The van der Waals surface area contributed by atoms with E-state index in [4.69, 9.17) is 15.6 Å². The third kappa shape index (κ3) is 5.37. The Hall–Kier alpha value is -1.10. The Morgan fingerprint density at radius 3 is 2.40 bits per heavy atom. The van der Waals surface area contributed by atoms with Crippen molar-refractivity contribution >= 4 is 11.9 Å². The maximum atomic E-state index is 11.4. The van der Waals surface area contributed by atoms with Gasteiger partial charge in [-0.2, -0.15) is 0 Å². The van der Waals surface area contributed by atoms with E-state index in [1.54, 1.807) is 6.92 Å². The van der Waals surface area contributed by atoms with Gasteiger partial charge in [-0.15, -0.1) is 0 Å². The average molecular weight is 217 g/mol. The zero-order valence-corrected chi connectivity index (χ0v) is 9.23. The van der Waals surface area contributed by atoms with Crippen molar-refractivity contribution < 1.29 is 19.4 Å². The van der Waals surface area contributed by atoms with Crippen molar-refractivity contribution in [1.29, 1.82) is 0 Å². The monoisotopic (exact) mass is 217 g/mol. The number of rotatable bonds is 7. The van der Waals surface area contributed by atoms with Crippen LogP contribution in [0.2, 0.25) is 0 Å². The molecule has 0 aliphatic rings. The maximum Gasteiger partial charge on any atom is 0.310 e. The molecule has 2 atom stereocenters.